The van der Waals surface area contributed by atoms with Gasteiger partial charge in [-0.15, -0.1) is 11.3 Å². The lowest BCUT2D eigenvalue weighted by Crippen LogP contribution is -2.26. The first-order valence-electron chi connectivity index (χ1n) is 5.57. The summed E-state index contributed by atoms with van der Waals surface area (Å²) in [7, 11) is -2.91. The highest BCUT2D eigenvalue weighted by atomic mass is 32.2. The molecule has 1 fully saturated rings. The maximum absolute atomic E-state index is 11.4. The van der Waals surface area contributed by atoms with E-state index in [1.807, 2.05) is 4.90 Å². The molecule has 0 aromatic carbocycles. The molecule has 1 aromatic rings. The van der Waals surface area contributed by atoms with Gasteiger partial charge < -0.3 is 5.11 Å². The van der Waals surface area contributed by atoms with Crippen molar-refractivity contribution in [3.05, 3.63) is 16.1 Å². The van der Waals surface area contributed by atoms with Gasteiger partial charge in [-0.3, -0.25) is 4.90 Å². The van der Waals surface area contributed by atoms with Crippen molar-refractivity contribution >= 4 is 27.1 Å². The first kappa shape index (κ1) is 13.4. The van der Waals surface area contributed by atoms with Crippen molar-refractivity contribution in [2.24, 2.45) is 0 Å². The molecule has 0 atom stereocenters. The molecule has 8 heteroatoms. The summed E-state index contributed by atoms with van der Waals surface area (Å²) in [6.45, 7) is 1.71. The summed E-state index contributed by atoms with van der Waals surface area (Å²) < 4.78 is 22.9. The van der Waals surface area contributed by atoms with Gasteiger partial charge in [0.2, 0.25) is 5.01 Å². The number of rotatable bonds is 3. The Morgan fingerprint density at radius 2 is 2.22 bits per heavy atom. The number of carboxylic acids is 1. The summed E-state index contributed by atoms with van der Waals surface area (Å²) in [5.74, 6) is -0.617. The van der Waals surface area contributed by atoms with Crippen LogP contribution in [0.3, 0.4) is 0 Å². The normalized spacial score (nSPS) is 20.4. The van der Waals surface area contributed by atoms with Gasteiger partial charge in [0.05, 0.1) is 17.2 Å². The van der Waals surface area contributed by atoms with Gasteiger partial charge in [0.25, 0.3) is 0 Å². The fraction of sp³-hybridized carbons (Fsp3) is 0.600. The van der Waals surface area contributed by atoms with Crippen LogP contribution in [0.5, 0.6) is 0 Å². The van der Waals surface area contributed by atoms with E-state index in [1.54, 1.807) is 5.38 Å². The zero-order valence-electron chi connectivity index (χ0n) is 9.70. The zero-order valence-corrected chi connectivity index (χ0v) is 11.3. The zero-order chi connectivity index (χ0) is 13.2. The van der Waals surface area contributed by atoms with E-state index in [-0.39, 0.29) is 16.5 Å². The van der Waals surface area contributed by atoms with E-state index in [1.165, 1.54) is 0 Å². The van der Waals surface area contributed by atoms with Crippen molar-refractivity contribution in [3.63, 3.8) is 0 Å². The van der Waals surface area contributed by atoms with Crippen LogP contribution in [0.15, 0.2) is 5.38 Å². The summed E-state index contributed by atoms with van der Waals surface area (Å²) in [5, 5.41) is 10.6. The highest BCUT2D eigenvalue weighted by Gasteiger charge is 2.20. The average Bonchev–Trinajstić information content (AvgIpc) is 2.67. The van der Waals surface area contributed by atoms with Crippen LogP contribution in [0.2, 0.25) is 0 Å². The molecule has 2 rings (SSSR count). The fourth-order valence-corrected chi connectivity index (χ4v) is 3.81. The molecule has 0 saturated carbocycles. The second-order valence-electron chi connectivity index (χ2n) is 4.23. The lowest BCUT2D eigenvalue weighted by Gasteiger charge is -2.17. The molecule has 1 aromatic heterocycles. The Hall–Kier alpha value is -0.990. The smallest absolute Gasteiger partial charge is 0.365 e. The monoisotopic (exact) mass is 290 g/mol. The summed E-state index contributed by atoms with van der Waals surface area (Å²) in [5.41, 5.74) is 0.691. The molecule has 6 nitrogen and oxygen atoms in total. The third-order valence-electron chi connectivity index (χ3n) is 2.77. The van der Waals surface area contributed by atoms with Gasteiger partial charge in [0, 0.05) is 18.5 Å². The van der Waals surface area contributed by atoms with Gasteiger partial charge in [-0.05, 0) is 13.0 Å². The van der Waals surface area contributed by atoms with Crippen molar-refractivity contribution < 1.29 is 18.3 Å². The molecule has 0 radical (unpaired) electrons. The molecule has 1 aliphatic rings. The maximum atomic E-state index is 11.4. The minimum Gasteiger partial charge on any atom is -0.476 e. The van der Waals surface area contributed by atoms with Crippen LogP contribution in [0, 0.1) is 0 Å². The summed E-state index contributed by atoms with van der Waals surface area (Å²) >= 11 is 1.10. The van der Waals surface area contributed by atoms with Crippen LogP contribution in [-0.4, -0.2) is 54.0 Å². The van der Waals surface area contributed by atoms with E-state index in [2.05, 4.69) is 4.98 Å². The number of hydrogen-bond acceptors (Lipinski definition) is 6. The van der Waals surface area contributed by atoms with E-state index in [0.717, 1.165) is 11.3 Å². The van der Waals surface area contributed by atoms with Crippen LogP contribution < -0.4 is 0 Å². The predicted molar refractivity (Wildman–Crippen MR) is 67.6 cm³/mol. The number of aromatic nitrogens is 1. The van der Waals surface area contributed by atoms with E-state index in [0.29, 0.717) is 31.7 Å². The number of carbonyl (C=O) groups is 1. The van der Waals surface area contributed by atoms with Gasteiger partial charge in [0.15, 0.2) is 9.84 Å². The number of carboxylic acid groups (broad SMARTS) is 1. The minimum atomic E-state index is -2.91. The van der Waals surface area contributed by atoms with Gasteiger partial charge in [-0.25, -0.2) is 18.2 Å². The molecule has 1 N–H and O–H groups in total. The molecule has 0 aliphatic carbocycles. The van der Waals surface area contributed by atoms with Crippen molar-refractivity contribution in [1.29, 1.82) is 0 Å². The van der Waals surface area contributed by atoms with Crippen molar-refractivity contribution in [2.45, 2.75) is 13.0 Å². The van der Waals surface area contributed by atoms with Crippen molar-refractivity contribution in [2.75, 3.05) is 24.6 Å². The molecule has 1 saturated heterocycles. The van der Waals surface area contributed by atoms with Crippen LogP contribution in [0.4, 0.5) is 0 Å². The Balaban J connectivity index is 1.98. The molecular formula is C10H14N2O4S2. The van der Waals surface area contributed by atoms with E-state index in [4.69, 9.17) is 5.11 Å². The summed E-state index contributed by atoms with van der Waals surface area (Å²) in [6.07, 6.45) is 0.623. The minimum absolute atomic E-state index is 0.0763. The number of hydrogen-bond donors (Lipinski definition) is 1. The van der Waals surface area contributed by atoms with Crippen molar-refractivity contribution in [1.82, 2.24) is 9.88 Å². The van der Waals surface area contributed by atoms with Crippen LogP contribution in [0.25, 0.3) is 0 Å². The molecule has 100 valence electrons. The second kappa shape index (κ2) is 5.33. The van der Waals surface area contributed by atoms with Gasteiger partial charge in [0.1, 0.15) is 0 Å². The summed E-state index contributed by atoms with van der Waals surface area (Å²) in [4.78, 5) is 16.7. The number of nitrogens with zero attached hydrogens (tertiary/aromatic N) is 2. The third-order valence-corrected chi connectivity index (χ3v) is 5.36. The lowest BCUT2D eigenvalue weighted by molar-refractivity contribution is 0.0696. The first-order chi connectivity index (χ1) is 8.46. The SMILES string of the molecule is O=C(O)c1nc(CN2CCCS(=O)(=O)CC2)cs1. The lowest BCUT2D eigenvalue weighted by atomic mass is 10.3. The van der Waals surface area contributed by atoms with Gasteiger partial charge in [-0.2, -0.15) is 0 Å². The van der Waals surface area contributed by atoms with Crippen molar-refractivity contribution in [3.8, 4) is 0 Å². The fourth-order valence-electron chi connectivity index (χ4n) is 1.86. The Morgan fingerprint density at radius 1 is 1.44 bits per heavy atom. The number of thiazole rings is 1. The topological polar surface area (TPSA) is 87.6 Å². The summed E-state index contributed by atoms with van der Waals surface area (Å²) in [6, 6.07) is 0. The number of sulfone groups is 1. The maximum Gasteiger partial charge on any atom is 0.365 e. The molecule has 18 heavy (non-hydrogen) atoms. The first-order valence-corrected chi connectivity index (χ1v) is 8.27. The quantitative estimate of drug-likeness (QED) is 0.870. The average molecular weight is 290 g/mol. The second-order valence-corrected chi connectivity index (χ2v) is 7.39. The molecule has 2 heterocycles. The Labute approximate surface area is 109 Å². The number of aromatic carboxylic acids is 1. The molecule has 0 spiro atoms. The molecular weight excluding hydrogens is 276 g/mol. The standard InChI is InChI=1S/C10H14N2O4S2/c13-10(14)9-11-8(7-17-9)6-12-2-1-4-18(15,16)5-3-12/h7H,1-6H2,(H,13,14). The molecule has 1 aliphatic heterocycles. The van der Waals surface area contributed by atoms with E-state index < -0.39 is 15.8 Å². The van der Waals surface area contributed by atoms with E-state index >= 15 is 0 Å². The highest BCUT2D eigenvalue weighted by Crippen LogP contribution is 2.13. The Kier molecular flexibility index (Phi) is 3.98. The van der Waals surface area contributed by atoms with Crippen LogP contribution in [0.1, 0.15) is 21.9 Å². The van der Waals surface area contributed by atoms with Crippen LogP contribution in [-0.2, 0) is 16.4 Å². The third kappa shape index (κ3) is 3.50. The largest absolute Gasteiger partial charge is 0.476 e. The molecule has 0 bridgehead atoms. The molecule has 0 unspecified atom stereocenters. The van der Waals surface area contributed by atoms with Gasteiger partial charge >= 0.3 is 5.97 Å². The van der Waals surface area contributed by atoms with E-state index in [9.17, 15) is 13.2 Å². The van der Waals surface area contributed by atoms with Crippen LogP contribution >= 0.6 is 11.3 Å². The Bertz CT molecular complexity index is 538. The Morgan fingerprint density at radius 3 is 2.89 bits per heavy atom. The highest BCUT2D eigenvalue weighted by molar-refractivity contribution is 7.91. The van der Waals surface area contributed by atoms with Gasteiger partial charge in [-0.1, -0.05) is 0 Å². The predicted octanol–water partition coefficient (Wildman–Crippen LogP) is 0.462. The molecule has 0 amide bonds.